The molecule has 14 nitrogen and oxygen atoms in total. The van der Waals surface area contributed by atoms with Gasteiger partial charge in [-0.05, 0) is 30.0 Å². The van der Waals surface area contributed by atoms with Crippen molar-refractivity contribution in [1.82, 2.24) is 39.7 Å². The van der Waals surface area contributed by atoms with E-state index in [0.29, 0.717) is 29.4 Å². The van der Waals surface area contributed by atoms with Crippen LogP contribution < -0.4 is 10.6 Å². The fraction of sp³-hybridized carbons (Fsp3) is 0.520. The molecule has 5 atom stereocenters. The molecule has 5 N–H and O–H groups in total. The van der Waals surface area contributed by atoms with Gasteiger partial charge in [-0.2, -0.15) is 14.8 Å². The molecular formula is C25H32N10O4. The third kappa shape index (κ3) is 5.15. The third-order valence-electron chi connectivity index (χ3n) is 7.29. The summed E-state index contributed by atoms with van der Waals surface area (Å²) in [5.41, 5.74) is 2.00. The number of hydrogen-bond acceptors (Lipinski definition) is 12. The van der Waals surface area contributed by atoms with Crippen molar-refractivity contribution in [2.24, 2.45) is 7.05 Å². The lowest BCUT2D eigenvalue weighted by molar-refractivity contribution is -0.0384. The number of imidazole rings is 1. The summed E-state index contributed by atoms with van der Waals surface area (Å²) >= 11 is 0. The summed E-state index contributed by atoms with van der Waals surface area (Å²) in [7, 11) is 1.61. The van der Waals surface area contributed by atoms with E-state index in [1.807, 2.05) is 30.3 Å². The smallest absolute Gasteiger partial charge is 0.227 e. The summed E-state index contributed by atoms with van der Waals surface area (Å²) in [5.74, 6) is 1.04. The van der Waals surface area contributed by atoms with Crippen molar-refractivity contribution in [3.8, 4) is 0 Å². The first-order valence-corrected chi connectivity index (χ1v) is 13.2. The second kappa shape index (κ2) is 10.8. The summed E-state index contributed by atoms with van der Waals surface area (Å²) in [6.07, 6.45) is 1.90. The Hall–Kier alpha value is -3.72. The van der Waals surface area contributed by atoms with Crippen molar-refractivity contribution >= 4 is 22.9 Å². The van der Waals surface area contributed by atoms with Crippen LogP contribution in [0.5, 0.6) is 0 Å². The van der Waals surface area contributed by atoms with E-state index in [1.165, 1.54) is 11.1 Å². The minimum atomic E-state index is -1.29. The SMILES string of the molecule is Cn1nnc([C@H]2O[C@@H](n3cnc4c(NC5CCCC5)nc(N[C@H](CO)Cc5ccccc5)nc43)[C@H](O)[C@@H]2O)n1. The zero-order valence-corrected chi connectivity index (χ0v) is 21.5. The fourth-order valence-electron chi connectivity index (χ4n) is 5.29. The Balaban J connectivity index is 1.34. The van der Waals surface area contributed by atoms with Gasteiger partial charge in [0.1, 0.15) is 12.2 Å². The number of fused-ring (bicyclic) bond motifs is 1. The van der Waals surface area contributed by atoms with Crippen LogP contribution in [0.2, 0.25) is 0 Å². The summed E-state index contributed by atoms with van der Waals surface area (Å²) < 4.78 is 7.62. The number of nitrogens with zero attached hydrogens (tertiary/aromatic N) is 8. The van der Waals surface area contributed by atoms with Crippen LogP contribution in [0, 0.1) is 0 Å². The summed E-state index contributed by atoms with van der Waals surface area (Å²) in [5, 5.41) is 50.4. The number of hydrogen-bond donors (Lipinski definition) is 5. The number of aliphatic hydroxyl groups excluding tert-OH is 3. The second-order valence-electron chi connectivity index (χ2n) is 10.1. The van der Waals surface area contributed by atoms with Gasteiger partial charge in [0.05, 0.1) is 26.0 Å². The monoisotopic (exact) mass is 536 g/mol. The zero-order valence-electron chi connectivity index (χ0n) is 21.5. The normalized spacial score (nSPS) is 24.4. The minimum absolute atomic E-state index is 0.121. The zero-order chi connectivity index (χ0) is 26.9. The molecule has 6 rings (SSSR count). The molecule has 1 aliphatic heterocycles. The fourth-order valence-corrected chi connectivity index (χ4v) is 5.29. The van der Waals surface area contributed by atoms with Gasteiger partial charge in [-0.25, -0.2) is 4.98 Å². The van der Waals surface area contributed by atoms with Crippen LogP contribution in [0.3, 0.4) is 0 Å². The van der Waals surface area contributed by atoms with Crippen molar-refractivity contribution in [3.63, 3.8) is 0 Å². The molecule has 39 heavy (non-hydrogen) atoms. The maximum atomic E-state index is 10.9. The van der Waals surface area contributed by atoms with E-state index in [4.69, 9.17) is 14.7 Å². The Morgan fingerprint density at radius 2 is 1.90 bits per heavy atom. The molecular weight excluding hydrogens is 504 g/mol. The van der Waals surface area contributed by atoms with E-state index in [0.717, 1.165) is 31.2 Å². The van der Waals surface area contributed by atoms with E-state index in [-0.39, 0.29) is 24.5 Å². The Kier molecular flexibility index (Phi) is 7.08. The van der Waals surface area contributed by atoms with Gasteiger partial charge in [-0.15, -0.1) is 10.2 Å². The van der Waals surface area contributed by atoms with Gasteiger partial charge in [-0.3, -0.25) is 4.57 Å². The van der Waals surface area contributed by atoms with E-state index >= 15 is 0 Å². The molecule has 1 saturated heterocycles. The molecule has 3 aromatic heterocycles. The van der Waals surface area contributed by atoms with E-state index in [9.17, 15) is 15.3 Å². The van der Waals surface area contributed by atoms with E-state index < -0.39 is 24.5 Å². The molecule has 0 spiro atoms. The van der Waals surface area contributed by atoms with Crippen LogP contribution in [-0.4, -0.2) is 85.9 Å². The lowest BCUT2D eigenvalue weighted by atomic mass is 10.1. The van der Waals surface area contributed by atoms with Gasteiger partial charge >= 0.3 is 0 Å². The summed E-state index contributed by atoms with van der Waals surface area (Å²) in [6.45, 7) is -0.121. The van der Waals surface area contributed by atoms with Crippen molar-refractivity contribution in [2.45, 2.75) is 68.7 Å². The predicted molar refractivity (Wildman–Crippen MR) is 140 cm³/mol. The number of aliphatic hydroxyl groups is 3. The van der Waals surface area contributed by atoms with Crippen LogP contribution in [0.25, 0.3) is 11.2 Å². The molecule has 0 radical (unpaired) electrons. The first-order valence-electron chi connectivity index (χ1n) is 13.2. The first kappa shape index (κ1) is 25.6. The van der Waals surface area contributed by atoms with Gasteiger partial charge in [0.2, 0.25) is 11.8 Å². The second-order valence-corrected chi connectivity index (χ2v) is 10.1. The lowest BCUT2D eigenvalue weighted by Gasteiger charge is -2.20. The molecule has 1 aliphatic carbocycles. The lowest BCUT2D eigenvalue weighted by Crippen LogP contribution is -2.29. The van der Waals surface area contributed by atoms with E-state index in [2.05, 4.69) is 31.0 Å². The number of tetrazole rings is 1. The maximum Gasteiger partial charge on any atom is 0.227 e. The molecule has 0 unspecified atom stereocenters. The van der Waals surface area contributed by atoms with Crippen LogP contribution in [0.1, 0.15) is 49.4 Å². The van der Waals surface area contributed by atoms with Crippen molar-refractivity contribution in [1.29, 1.82) is 0 Å². The maximum absolute atomic E-state index is 10.9. The average Bonchev–Trinajstić information content (AvgIpc) is 3.74. The number of aryl methyl sites for hydroxylation is 1. The average molecular weight is 537 g/mol. The molecule has 206 valence electrons. The highest BCUT2D eigenvalue weighted by molar-refractivity contribution is 5.84. The third-order valence-corrected chi connectivity index (χ3v) is 7.29. The molecule has 1 saturated carbocycles. The van der Waals surface area contributed by atoms with Crippen LogP contribution in [0.15, 0.2) is 36.7 Å². The number of aromatic nitrogens is 8. The molecule has 0 bridgehead atoms. The molecule has 4 heterocycles. The van der Waals surface area contributed by atoms with Gasteiger partial charge in [0, 0.05) is 6.04 Å². The topological polar surface area (TPSA) is 181 Å². The molecule has 2 fully saturated rings. The van der Waals surface area contributed by atoms with Crippen LogP contribution in [-0.2, 0) is 18.2 Å². The first-order chi connectivity index (χ1) is 19.0. The van der Waals surface area contributed by atoms with Gasteiger partial charge in [0.15, 0.2) is 29.3 Å². The number of ether oxygens (including phenoxy) is 1. The molecule has 14 heteroatoms. The highest BCUT2D eigenvalue weighted by Crippen LogP contribution is 2.39. The Morgan fingerprint density at radius 1 is 1.10 bits per heavy atom. The van der Waals surface area contributed by atoms with Crippen molar-refractivity contribution < 1.29 is 20.1 Å². The Bertz CT molecular complexity index is 1410. The quantitative estimate of drug-likeness (QED) is 0.202. The van der Waals surface area contributed by atoms with E-state index in [1.54, 1.807) is 11.6 Å². The summed E-state index contributed by atoms with van der Waals surface area (Å²) in [6, 6.07) is 9.81. The number of benzene rings is 1. The van der Waals surface area contributed by atoms with Gasteiger partial charge in [-0.1, -0.05) is 43.2 Å². The number of nitrogens with one attached hydrogen (secondary N) is 2. The van der Waals surface area contributed by atoms with Crippen LogP contribution >= 0.6 is 0 Å². The van der Waals surface area contributed by atoms with Gasteiger partial charge < -0.3 is 30.7 Å². The predicted octanol–water partition coefficient (Wildman–Crippen LogP) is 0.712. The Labute approximate surface area is 224 Å². The molecule has 0 amide bonds. The minimum Gasteiger partial charge on any atom is -0.394 e. The summed E-state index contributed by atoms with van der Waals surface area (Å²) in [4.78, 5) is 15.3. The van der Waals surface area contributed by atoms with Crippen molar-refractivity contribution in [3.05, 3.63) is 48.0 Å². The Morgan fingerprint density at radius 3 is 2.62 bits per heavy atom. The van der Waals surface area contributed by atoms with Gasteiger partial charge in [0.25, 0.3) is 0 Å². The molecule has 2 aliphatic rings. The largest absolute Gasteiger partial charge is 0.394 e. The molecule has 4 aromatic rings. The highest BCUT2D eigenvalue weighted by Gasteiger charge is 2.47. The standard InChI is InChI=1S/C25H32N10O4/c1-34-32-22(31-33-34)20-18(37)19(38)24(39-20)35-13-26-17-21(27-15-9-5-6-10-15)29-25(30-23(17)35)28-16(12-36)11-14-7-3-2-4-8-14/h2-4,7-8,13,15-16,18-20,24,36-38H,5-6,9-12H2,1H3,(H2,27,28,29,30)/t16-,18-,19+,20-,24+/m0/s1. The number of anilines is 2. The number of rotatable bonds is 9. The van der Waals surface area contributed by atoms with Crippen molar-refractivity contribution in [2.75, 3.05) is 17.2 Å². The van der Waals surface area contributed by atoms with Crippen LogP contribution in [0.4, 0.5) is 11.8 Å². The highest BCUT2D eigenvalue weighted by atomic mass is 16.6. The molecule has 1 aromatic carbocycles.